The minimum Gasteiger partial charge on any atom is -0.456 e. The molecule has 0 bridgehead atoms. The Bertz CT molecular complexity index is 2730. The van der Waals surface area contributed by atoms with Crippen molar-refractivity contribution in [3.8, 4) is 11.1 Å². The van der Waals surface area contributed by atoms with Gasteiger partial charge in [-0.05, 0) is 66.8 Å². The number of hydrogen-bond donors (Lipinski definition) is 0. The number of hydrogen-bond acceptors (Lipinski definition) is 4. The first-order valence-corrected chi connectivity index (χ1v) is 19.7. The van der Waals surface area contributed by atoms with Gasteiger partial charge in [-0.2, -0.15) is 0 Å². The van der Waals surface area contributed by atoms with E-state index in [4.69, 9.17) is 14.4 Å². The first-order valence-electron chi connectivity index (χ1n) is 19.7. The molecule has 2 heterocycles. The Labute approximate surface area is 327 Å². The number of nitrogens with zero attached hydrogens (tertiary/aromatic N) is 3. The molecule has 3 aliphatic rings. The maximum atomic E-state index is 6.75. The van der Waals surface area contributed by atoms with Crippen LogP contribution in [0.15, 0.2) is 214 Å². The van der Waals surface area contributed by atoms with E-state index < -0.39 is 0 Å². The third-order valence-corrected chi connectivity index (χ3v) is 11.2. The molecule has 7 aromatic rings. The number of allylic oxidation sites excluding steroid dienone is 6. The Balaban J connectivity index is 1.10. The minimum atomic E-state index is 0.0499. The van der Waals surface area contributed by atoms with Gasteiger partial charge in [0.25, 0.3) is 0 Å². The second-order valence-electron chi connectivity index (χ2n) is 14.8. The van der Waals surface area contributed by atoms with Crippen LogP contribution in [0, 0.1) is 11.8 Å². The van der Waals surface area contributed by atoms with Gasteiger partial charge < -0.3 is 9.32 Å². The van der Waals surface area contributed by atoms with E-state index in [0.717, 1.165) is 86.5 Å². The molecular formula is C52H41N3O. The molecule has 0 fully saturated rings. The SMILES string of the molecule is C1=CC2C=CC(C3=N/C(c4ccccc4)CCC/C(c4cccc5oc6cc(N(c7ccccc7)c7ccccc7-c7ccccc7)ccc6c45)=N\3)=CC2C=C1. The van der Waals surface area contributed by atoms with Gasteiger partial charge in [-0.3, -0.25) is 4.99 Å². The van der Waals surface area contributed by atoms with Crippen molar-refractivity contribution in [1.29, 1.82) is 0 Å². The minimum absolute atomic E-state index is 0.0499. The van der Waals surface area contributed by atoms with Gasteiger partial charge in [0.15, 0.2) is 5.84 Å². The van der Waals surface area contributed by atoms with Crippen molar-refractivity contribution >= 4 is 50.5 Å². The zero-order valence-electron chi connectivity index (χ0n) is 31.1. The van der Waals surface area contributed by atoms with Crippen molar-refractivity contribution in [2.75, 3.05) is 4.90 Å². The maximum Gasteiger partial charge on any atom is 0.155 e. The number of para-hydroxylation sites is 2. The number of benzene rings is 6. The predicted molar refractivity (Wildman–Crippen MR) is 233 cm³/mol. The van der Waals surface area contributed by atoms with Gasteiger partial charge >= 0.3 is 0 Å². The van der Waals surface area contributed by atoms with Crippen molar-refractivity contribution in [2.45, 2.75) is 25.3 Å². The summed E-state index contributed by atoms with van der Waals surface area (Å²) < 4.78 is 6.75. The molecule has 0 amide bonds. The van der Waals surface area contributed by atoms with Crippen molar-refractivity contribution < 1.29 is 4.42 Å². The molecule has 270 valence electrons. The van der Waals surface area contributed by atoms with Crippen LogP contribution in [0.25, 0.3) is 33.1 Å². The molecule has 4 nitrogen and oxygen atoms in total. The van der Waals surface area contributed by atoms with Crippen LogP contribution < -0.4 is 4.90 Å². The molecule has 3 unspecified atom stereocenters. The van der Waals surface area contributed by atoms with Gasteiger partial charge in [-0.25, -0.2) is 4.99 Å². The van der Waals surface area contributed by atoms with Crippen molar-refractivity contribution in [3.05, 3.63) is 211 Å². The normalized spacial score (nSPS) is 21.0. The highest BCUT2D eigenvalue weighted by Crippen LogP contribution is 2.43. The number of furan rings is 1. The summed E-state index contributed by atoms with van der Waals surface area (Å²) in [5, 5.41) is 2.17. The van der Waals surface area contributed by atoms with Crippen LogP contribution in [-0.4, -0.2) is 11.5 Å². The second kappa shape index (κ2) is 14.8. The van der Waals surface area contributed by atoms with E-state index >= 15 is 0 Å². The molecule has 2 aliphatic carbocycles. The van der Waals surface area contributed by atoms with Crippen LogP contribution >= 0.6 is 0 Å². The van der Waals surface area contributed by atoms with E-state index in [2.05, 4.69) is 199 Å². The summed E-state index contributed by atoms with van der Waals surface area (Å²) in [7, 11) is 0. The summed E-state index contributed by atoms with van der Waals surface area (Å²) in [6.45, 7) is 0. The van der Waals surface area contributed by atoms with Crippen molar-refractivity contribution in [2.24, 2.45) is 21.8 Å². The summed E-state index contributed by atoms with van der Waals surface area (Å²) in [5.74, 6) is 1.47. The van der Waals surface area contributed by atoms with Crippen LogP contribution in [0.1, 0.15) is 36.4 Å². The third kappa shape index (κ3) is 6.43. The zero-order chi connectivity index (χ0) is 37.3. The fraction of sp³-hybridized carbons (Fsp3) is 0.115. The molecule has 10 rings (SSSR count). The quantitative estimate of drug-likeness (QED) is 0.164. The van der Waals surface area contributed by atoms with Gasteiger partial charge in [-0.1, -0.05) is 152 Å². The smallest absolute Gasteiger partial charge is 0.155 e. The Morgan fingerprint density at radius 2 is 1.34 bits per heavy atom. The van der Waals surface area contributed by atoms with E-state index in [-0.39, 0.29) is 6.04 Å². The molecule has 0 N–H and O–H groups in total. The van der Waals surface area contributed by atoms with Gasteiger partial charge in [-0.15, -0.1) is 0 Å². The molecule has 1 aromatic heterocycles. The molecule has 0 spiro atoms. The number of anilines is 3. The van der Waals surface area contributed by atoms with Crippen LogP contribution in [-0.2, 0) is 0 Å². The lowest BCUT2D eigenvalue weighted by molar-refractivity contribution is 0.621. The lowest BCUT2D eigenvalue weighted by Gasteiger charge is -2.27. The highest BCUT2D eigenvalue weighted by Gasteiger charge is 2.25. The fourth-order valence-corrected chi connectivity index (χ4v) is 8.49. The molecule has 0 saturated carbocycles. The second-order valence-corrected chi connectivity index (χ2v) is 14.8. The molecule has 4 heteroatoms. The first kappa shape index (κ1) is 33.8. The van der Waals surface area contributed by atoms with Crippen LogP contribution in [0.5, 0.6) is 0 Å². The summed E-state index contributed by atoms with van der Waals surface area (Å²) in [5.41, 5.74) is 11.7. The van der Waals surface area contributed by atoms with Crippen LogP contribution in [0.2, 0.25) is 0 Å². The highest BCUT2D eigenvalue weighted by molar-refractivity contribution is 6.22. The third-order valence-electron chi connectivity index (χ3n) is 11.2. The van der Waals surface area contributed by atoms with Crippen LogP contribution in [0.4, 0.5) is 17.1 Å². The molecule has 6 aromatic carbocycles. The van der Waals surface area contributed by atoms with Gasteiger partial charge in [0.05, 0.1) is 17.4 Å². The fourth-order valence-electron chi connectivity index (χ4n) is 8.49. The summed E-state index contributed by atoms with van der Waals surface area (Å²) >= 11 is 0. The average Bonchev–Trinajstić information content (AvgIpc) is 3.63. The van der Waals surface area contributed by atoms with E-state index in [1.54, 1.807) is 0 Å². The van der Waals surface area contributed by atoms with Gasteiger partial charge in [0, 0.05) is 56.7 Å². The molecular weight excluding hydrogens is 683 g/mol. The Morgan fingerprint density at radius 1 is 0.607 bits per heavy atom. The van der Waals surface area contributed by atoms with E-state index in [1.807, 2.05) is 0 Å². The van der Waals surface area contributed by atoms with E-state index in [1.165, 1.54) is 11.1 Å². The topological polar surface area (TPSA) is 41.1 Å². The maximum absolute atomic E-state index is 6.75. The number of amidine groups is 1. The molecule has 56 heavy (non-hydrogen) atoms. The Hall–Kier alpha value is -6.78. The molecule has 0 saturated heterocycles. The first-order chi connectivity index (χ1) is 27.8. The van der Waals surface area contributed by atoms with Gasteiger partial charge in [0.1, 0.15) is 11.2 Å². The lowest BCUT2D eigenvalue weighted by atomic mass is 9.82. The monoisotopic (exact) mass is 723 g/mol. The largest absolute Gasteiger partial charge is 0.456 e. The van der Waals surface area contributed by atoms with E-state index in [0.29, 0.717) is 11.8 Å². The predicted octanol–water partition coefficient (Wildman–Crippen LogP) is 13.7. The summed E-state index contributed by atoms with van der Waals surface area (Å²) in [4.78, 5) is 13.3. The molecule has 3 atom stereocenters. The van der Waals surface area contributed by atoms with Gasteiger partial charge in [0.2, 0.25) is 0 Å². The number of aliphatic imine (C=N–C) groups is 2. The van der Waals surface area contributed by atoms with E-state index in [9.17, 15) is 0 Å². The van der Waals surface area contributed by atoms with Crippen molar-refractivity contribution in [3.63, 3.8) is 0 Å². The van der Waals surface area contributed by atoms with Crippen molar-refractivity contribution in [1.82, 2.24) is 0 Å². The lowest BCUT2D eigenvalue weighted by Crippen LogP contribution is -2.17. The van der Waals surface area contributed by atoms with Crippen LogP contribution in [0.3, 0.4) is 0 Å². The Kier molecular flexibility index (Phi) is 8.93. The summed E-state index contributed by atoms with van der Waals surface area (Å²) in [6, 6.07) is 53.5. The number of rotatable bonds is 7. The average molecular weight is 724 g/mol. The molecule has 0 radical (unpaired) electrons. The molecule has 1 aliphatic heterocycles. The Morgan fingerprint density at radius 3 is 2.18 bits per heavy atom. The number of fused-ring (bicyclic) bond motifs is 4. The zero-order valence-corrected chi connectivity index (χ0v) is 31.1. The highest BCUT2D eigenvalue weighted by atomic mass is 16.3. The summed E-state index contributed by atoms with van der Waals surface area (Å²) in [6.07, 6.45) is 18.5. The standard InChI is InChI=1S/C52H41N3O/c1-4-17-37(18-5-1)43-24-12-13-28-48(43)55(41-22-8-3-9-23-41)42-32-33-45-50(35-42)56-49-29-14-25-44(51(45)49)47-27-15-26-46(38-19-6-2-7-20-38)53-52(54-47)40-31-30-36-16-10-11-21-39(36)34-40/h1-14,16-25,28-36,39,46H,15,26-27H2/b53-52-,54-47+.